The molecule has 0 spiro atoms. The highest BCUT2D eigenvalue weighted by molar-refractivity contribution is 6.83. The quantitative estimate of drug-likeness (QED) is 0.200. The first-order valence-electron chi connectivity index (χ1n) is 8.88. The van der Waals surface area contributed by atoms with Crippen LogP contribution in [0.3, 0.4) is 0 Å². The molecule has 0 aliphatic rings. The second-order valence-electron chi connectivity index (χ2n) is 6.70. The van der Waals surface area contributed by atoms with Gasteiger partial charge in [-0.25, -0.2) is 4.79 Å². The molecular formula is C17H36O4Si2. The third-order valence-electron chi connectivity index (χ3n) is 3.91. The molecule has 0 aliphatic heterocycles. The summed E-state index contributed by atoms with van der Waals surface area (Å²) in [5.74, 6) is -0.330. The smallest absolute Gasteiger partial charge is 0.333 e. The molecule has 6 heteroatoms. The fraction of sp³-hybridized carbons (Fsp3) is 0.824. The first-order valence-corrected chi connectivity index (χ1v) is 14.2. The van der Waals surface area contributed by atoms with Crippen LogP contribution in [0.2, 0.25) is 31.2 Å². The molecule has 0 aromatic carbocycles. The summed E-state index contributed by atoms with van der Waals surface area (Å²) < 4.78 is 18.0. The first kappa shape index (κ1) is 22.6. The molecule has 0 bridgehead atoms. The average molecular weight is 361 g/mol. The molecule has 0 saturated heterocycles. The Morgan fingerprint density at radius 2 is 1.65 bits per heavy atom. The van der Waals surface area contributed by atoms with E-state index in [-0.39, 0.29) is 5.97 Å². The fourth-order valence-electron chi connectivity index (χ4n) is 2.39. The van der Waals surface area contributed by atoms with Gasteiger partial charge in [0.1, 0.15) is 0 Å². The molecule has 0 radical (unpaired) electrons. The van der Waals surface area contributed by atoms with E-state index in [2.05, 4.69) is 40.4 Å². The Labute approximate surface area is 145 Å². The van der Waals surface area contributed by atoms with Crippen molar-refractivity contribution >= 4 is 22.8 Å². The molecule has 4 nitrogen and oxygen atoms in total. The van der Waals surface area contributed by atoms with Crippen LogP contribution in [0.25, 0.3) is 0 Å². The van der Waals surface area contributed by atoms with Crippen molar-refractivity contribution in [1.29, 1.82) is 0 Å². The largest absolute Gasteiger partial charge is 0.462 e. The Morgan fingerprint density at radius 1 is 1.04 bits per heavy atom. The van der Waals surface area contributed by atoms with E-state index in [0.29, 0.717) is 25.2 Å². The summed E-state index contributed by atoms with van der Waals surface area (Å²) in [7, 11) is -3.79. The van der Waals surface area contributed by atoms with Crippen LogP contribution in [0.1, 0.15) is 47.0 Å². The summed E-state index contributed by atoms with van der Waals surface area (Å²) in [6.45, 7) is 17.3. The number of esters is 1. The summed E-state index contributed by atoms with van der Waals surface area (Å²) in [5, 5.41) is 0. The van der Waals surface area contributed by atoms with Gasteiger partial charge >= 0.3 is 14.5 Å². The Morgan fingerprint density at radius 3 is 2.13 bits per heavy atom. The molecule has 0 saturated carbocycles. The zero-order valence-corrected chi connectivity index (χ0v) is 18.0. The first-order chi connectivity index (χ1) is 10.7. The van der Waals surface area contributed by atoms with Crippen molar-refractivity contribution in [3.05, 3.63) is 12.2 Å². The Balaban J connectivity index is 4.38. The van der Waals surface area contributed by atoms with Gasteiger partial charge in [0.2, 0.25) is 0 Å². The predicted molar refractivity (Wildman–Crippen MR) is 101 cm³/mol. The highest BCUT2D eigenvalue weighted by atomic mass is 28.4. The molecule has 23 heavy (non-hydrogen) atoms. The van der Waals surface area contributed by atoms with E-state index in [9.17, 15) is 4.79 Å². The number of rotatable bonds is 13. The minimum absolute atomic E-state index is 0.330. The predicted octanol–water partition coefficient (Wildman–Crippen LogP) is 5.02. The van der Waals surface area contributed by atoms with Crippen molar-refractivity contribution in [3.8, 4) is 0 Å². The Bertz CT molecular complexity index is 366. The van der Waals surface area contributed by atoms with Gasteiger partial charge in [-0.1, -0.05) is 40.2 Å². The van der Waals surface area contributed by atoms with Gasteiger partial charge in [0.05, 0.1) is 6.61 Å². The number of unbranched alkanes of at least 4 members (excludes halogenated alkanes) is 1. The molecule has 0 aromatic heterocycles. The molecule has 0 N–H and O–H groups in total. The summed E-state index contributed by atoms with van der Waals surface area (Å²) >= 11 is 0. The number of carbonyl (C=O) groups excluding carboxylic acids is 1. The van der Waals surface area contributed by atoms with Crippen LogP contribution in [-0.4, -0.2) is 36.1 Å². The van der Waals surface area contributed by atoms with E-state index in [1.54, 1.807) is 6.92 Å². The Kier molecular flexibility index (Phi) is 11.0. The summed E-state index contributed by atoms with van der Waals surface area (Å²) in [5.41, 5.74) is 0.434. The highest BCUT2D eigenvalue weighted by Gasteiger charge is 2.39. The molecule has 0 aromatic rings. The molecule has 0 amide bonds. The van der Waals surface area contributed by atoms with E-state index >= 15 is 0 Å². The van der Waals surface area contributed by atoms with E-state index in [4.69, 9.17) is 13.3 Å². The minimum atomic E-state index is -2.12. The zero-order chi connectivity index (χ0) is 17.9. The number of hydrogen-bond donors (Lipinski definition) is 0. The maximum Gasteiger partial charge on any atom is 0.333 e. The second-order valence-corrected chi connectivity index (χ2v) is 15.1. The minimum Gasteiger partial charge on any atom is -0.462 e. The fourth-order valence-corrected chi connectivity index (χ4v) is 10.8. The summed E-state index contributed by atoms with van der Waals surface area (Å²) in [4.78, 5) is 11.3. The van der Waals surface area contributed by atoms with Crippen LogP contribution >= 0.6 is 0 Å². The van der Waals surface area contributed by atoms with Crippen molar-refractivity contribution in [3.63, 3.8) is 0 Å². The van der Waals surface area contributed by atoms with Gasteiger partial charge in [-0.2, -0.15) is 0 Å². The summed E-state index contributed by atoms with van der Waals surface area (Å²) in [6, 6.07) is 3.13. The van der Waals surface area contributed by atoms with Crippen molar-refractivity contribution in [2.75, 3.05) is 13.2 Å². The van der Waals surface area contributed by atoms with Crippen LogP contribution < -0.4 is 0 Å². The maximum atomic E-state index is 11.3. The lowest BCUT2D eigenvalue weighted by Crippen LogP contribution is -2.50. The lowest BCUT2D eigenvalue weighted by molar-refractivity contribution is -0.139. The highest BCUT2D eigenvalue weighted by Crippen LogP contribution is 2.27. The Hall–Kier alpha value is -0.436. The third-order valence-corrected chi connectivity index (χ3v) is 12.0. The topological polar surface area (TPSA) is 44.8 Å². The molecular weight excluding hydrogens is 324 g/mol. The number of carbonyl (C=O) groups is 1. The maximum absolute atomic E-state index is 11.3. The van der Waals surface area contributed by atoms with Crippen LogP contribution in [0.15, 0.2) is 12.2 Å². The van der Waals surface area contributed by atoms with Crippen molar-refractivity contribution in [2.45, 2.75) is 78.2 Å². The number of ether oxygens (including phenoxy) is 1. The lowest BCUT2D eigenvalue weighted by Gasteiger charge is -2.37. The molecule has 0 fully saturated rings. The van der Waals surface area contributed by atoms with E-state index in [1.165, 1.54) is 18.9 Å². The normalized spacial score (nSPS) is 12.3. The molecule has 0 aliphatic carbocycles. The standard InChI is InChI=1S/C17H36O4Si2/c1-8-11-15-22(6,7)21-23(9-2,10-3)20-14-12-13-19-17(18)16(4)5/h4,8-15H2,1-3,5-7H3. The monoisotopic (exact) mass is 360 g/mol. The molecule has 0 unspecified atom stereocenters. The lowest BCUT2D eigenvalue weighted by atomic mass is 10.4. The van der Waals surface area contributed by atoms with Crippen LogP contribution in [0, 0.1) is 0 Å². The molecule has 0 atom stereocenters. The van der Waals surface area contributed by atoms with Gasteiger partial charge in [0.25, 0.3) is 0 Å². The average Bonchev–Trinajstić information content (AvgIpc) is 2.51. The van der Waals surface area contributed by atoms with Gasteiger partial charge in [0.15, 0.2) is 8.32 Å². The second kappa shape index (κ2) is 11.2. The van der Waals surface area contributed by atoms with Gasteiger partial charge < -0.3 is 13.3 Å². The zero-order valence-electron chi connectivity index (χ0n) is 16.0. The molecule has 0 rings (SSSR count). The summed E-state index contributed by atoms with van der Waals surface area (Å²) in [6.07, 6.45) is 3.14. The van der Waals surface area contributed by atoms with Crippen molar-refractivity contribution < 1.29 is 18.1 Å². The SMILES string of the molecule is C=C(C)C(=O)OCCCO[Si](CC)(CC)O[Si](C)(C)CCCC. The van der Waals surface area contributed by atoms with Crippen LogP contribution in [-0.2, 0) is 18.1 Å². The van der Waals surface area contributed by atoms with Crippen LogP contribution in [0.5, 0.6) is 0 Å². The van der Waals surface area contributed by atoms with Gasteiger partial charge in [0, 0.05) is 18.6 Å². The molecule has 0 heterocycles. The van der Waals surface area contributed by atoms with Gasteiger partial charge in [-0.3, -0.25) is 0 Å². The van der Waals surface area contributed by atoms with E-state index in [1.807, 2.05) is 0 Å². The molecule has 136 valence electrons. The third kappa shape index (κ3) is 9.44. The van der Waals surface area contributed by atoms with Crippen LogP contribution in [0.4, 0.5) is 0 Å². The van der Waals surface area contributed by atoms with Gasteiger partial charge in [-0.15, -0.1) is 0 Å². The van der Waals surface area contributed by atoms with Crippen molar-refractivity contribution in [1.82, 2.24) is 0 Å². The van der Waals surface area contributed by atoms with E-state index in [0.717, 1.165) is 12.1 Å². The van der Waals surface area contributed by atoms with E-state index < -0.39 is 16.9 Å². The van der Waals surface area contributed by atoms with Crippen molar-refractivity contribution in [2.24, 2.45) is 0 Å². The van der Waals surface area contributed by atoms with Gasteiger partial charge in [-0.05, 0) is 38.2 Å². The number of hydrogen-bond acceptors (Lipinski definition) is 4.